The van der Waals surface area contributed by atoms with Crippen LogP contribution < -0.4 is 9.91 Å². The molecule has 154 valence electrons. The molecular weight excluding hydrogens is 474 g/mol. The van der Waals surface area contributed by atoms with E-state index in [2.05, 4.69) is 21.0 Å². The molecule has 0 saturated carbocycles. The van der Waals surface area contributed by atoms with E-state index in [0.29, 0.717) is 22.0 Å². The molecule has 2 aromatic rings. The van der Waals surface area contributed by atoms with Crippen LogP contribution in [-0.4, -0.2) is 36.1 Å². The van der Waals surface area contributed by atoms with Crippen molar-refractivity contribution in [2.45, 2.75) is 19.9 Å². The van der Waals surface area contributed by atoms with Gasteiger partial charge in [0.05, 0.1) is 18.0 Å². The fourth-order valence-electron chi connectivity index (χ4n) is 3.67. The summed E-state index contributed by atoms with van der Waals surface area (Å²) in [7, 11) is 0. The van der Waals surface area contributed by atoms with Gasteiger partial charge in [0.2, 0.25) is 5.91 Å². The molecule has 0 aliphatic carbocycles. The summed E-state index contributed by atoms with van der Waals surface area (Å²) in [5.41, 5.74) is 1.50. The van der Waals surface area contributed by atoms with E-state index in [4.69, 9.17) is 16.3 Å². The van der Waals surface area contributed by atoms with Crippen LogP contribution in [-0.2, 0) is 19.1 Å². The van der Waals surface area contributed by atoms with Crippen LogP contribution in [0.2, 0.25) is 5.02 Å². The van der Waals surface area contributed by atoms with Crippen LogP contribution >= 0.6 is 27.5 Å². The molecule has 2 atom stereocenters. The number of anilines is 2. The maximum Gasteiger partial charge on any atom is 0.355 e. The second-order valence-electron chi connectivity index (χ2n) is 6.85. The minimum absolute atomic E-state index is 0.0784. The van der Waals surface area contributed by atoms with Gasteiger partial charge in [0.1, 0.15) is 12.0 Å². The average Bonchev–Trinajstić information content (AvgIpc) is 3.23. The number of benzene rings is 2. The number of fused-ring (bicyclic) bond motifs is 1. The van der Waals surface area contributed by atoms with Crippen LogP contribution in [0.4, 0.5) is 11.4 Å². The third-order valence-corrected chi connectivity index (χ3v) is 6.04. The number of halogens is 2. The summed E-state index contributed by atoms with van der Waals surface area (Å²) in [6.07, 6.45) is 0. The van der Waals surface area contributed by atoms with Crippen molar-refractivity contribution in [3.8, 4) is 0 Å². The maximum atomic E-state index is 13.4. The zero-order valence-corrected chi connectivity index (χ0v) is 18.5. The normalized spacial score (nSPS) is 20.5. The highest BCUT2D eigenvalue weighted by atomic mass is 79.9. The largest absolute Gasteiger partial charge is 0.461 e. The molecule has 0 aromatic heterocycles. The number of carbonyl (C=O) groups is 3. The minimum Gasteiger partial charge on any atom is -0.461 e. The standard InChI is InChI=1S/C21H17BrClN3O4/c1-3-30-21(29)17-16-18(26(24-17)13-9-7-12(22)8-10-13)20(28)25(19(16)27)15-6-4-5-14(23)11(15)2/h4-10,16,18H,3H2,1-2H3. The second-order valence-corrected chi connectivity index (χ2v) is 8.17. The van der Waals surface area contributed by atoms with Crippen LogP contribution in [0.1, 0.15) is 12.5 Å². The van der Waals surface area contributed by atoms with Crippen LogP contribution in [0, 0.1) is 12.8 Å². The second kappa shape index (κ2) is 7.85. The fourth-order valence-corrected chi connectivity index (χ4v) is 4.11. The van der Waals surface area contributed by atoms with Crippen molar-refractivity contribution in [2.75, 3.05) is 16.5 Å². The molecule has 2 aliphatic rings. The van der Waals surface area contributed by atoms with Gasteiger partial charge in [-0.2, -0.15) is 5.10 Å². The van der Waals surface area contributed by atoms with Crippen LogP contribution in [0.3, 0.4) is 0 Å². The zero-order chi connectivity index (χ0) is 21.6. The van der Waals surface area contributed by atoms with E-state index in [9.17, 15) is 14.4 Å². The van der Waals surface area contributed by atoms with Crippen molar-refractivity contribution >= 4 is 62.4 Å². The molecule has 2 aromatic carbocycles. The van der Waals surface area contributed by atoms with Gasteiger partial charge in [0.15, 0.2) is 5.71 Å². The highest BCUT2D eigenvalue weighted by Crippen LogP contribution is 2.40. The Hall–Kier alpha value is -2.71. The Morgan fingerprint density at radius 2 is 1.87 bits per heavy atom. The molecule has 0 spiro atoms. The number of esters is 1. The van der Waals surface area contributed by atoms with Crippen molar-refractivity contribution < 1.29 is 19.1 Å². The highest BCUT2D eigenvalue weighted by Gasteiger charge is 2.59. The van der Waals surface area contributed by atoms with Gasteiger partial charge in [0, 0.05) is 9.50 Å². The Morgan fingerprint density at radius 3 is 2.53 bits per heavy atom. The molecule has 4 rings (SSSR count). The molecule has 0 bridgehead atoms. The molecule has 30 heavy (non-hydrogen) atoms. The number of hydrogen-bond donors (Lipinski definition) is 0. The first-order chi connectivity index (χ1) is 14.3. The molecule has 2 amide bonds. The van der Waals surface area contributed by atoms with Crippen LogP contribution in [0.25, 0.3) is 0 Å². The number of ether oxygens (including phenoxy) is 1. The van der Waals surface area contributed by atoms with E-state index in [1.165, 1.54) is 5.01 Å². The van der Waals surface area contributed by atoms with Crippen molar-refractivity contribution in [1.29, 1.82) is 0 Å². The topological polar surface area (TPSA) is 79.3 Å². The summed E-state index contributed by atoms with van der Waals surface area (Å²) < 4.78 is 5.95. The minimum atomic E-state index is -1.06. The van der Waals surface area contributed by atoms with Gasteiger partial charge in [-0.25, -0.2) is 9.69 Å². The Morgan fingerprint density at radius 1 is 1.17 bits per heavy atom. The molecule has 2 unspecified atom stereocenters. The Labute approximate surface area is 186 Å². The number of rotatable bonds is 4. The lowest BCUT2D eigenvalue weighted by Crippen LogP contribution is -2.39. The van der Waals surface area contributed by atoms with Crippen molar-refractivity contribution in [3.63, 3.8) is 0 Å². The predicted molar refractivity (Wildman–Crippen MR) is 117 cm³/mol. The van der Waals surface area contributed by atoms with Crippen molar-refractivity contribution in [3.05, 3.63) is 57.5 Å². The number of carbonyl (C=O) groups excluding carboxylic acids is 3. The summed E-state index contributed by atoms with van der Waals surface area (Å²) in [5, 5.41) is 6.18. The summed E-state index contributed by atoms with van der Waals surface area (Å²) in [6, 6.07) is 11.1. The van der Waals surface area contributed by atoms with E-state index in [1.54, 1.807) is 56.3 Å². The number of hydrogen-bond acceptors (Lipinski definition) is 6. The average molecular weight is 491 g/mol. The van der Waals surface area contributed by atoms with E-state index >= 15 is 0 Å². The molecule has 0 N–H and O–H groups in total. The van der Waals surface area contributed by atoms with E-state index in [1.807, 2.05) is 0 Å². The first-order valence-corrected chi connectivity index (χ1v) is 10.5. The lowest BCUT2D eigenvalue weighted by Gasteiger charge is -2.23. The summed E-state index contributed by atoms with van der Waals surface area (Å²) in [5.74, 6) is -2.76. The smallest absolute Gasteiger partial charge is 0.355 e. The predicted octanol–water partition coefficient (Wildman–Crippen LogP) is 3.71. The van der Waals surface area contributed by atoms with Gasteiger partial charge in [-0.15, -0.1) is 0 Å². The molecule has 7 nitrogen and oxygen atoms in total. The molecule has 9 heteroatoms. The number of hydrazone groups is 1. The monoisotopic (exact) mass is 489 g/mol. The lowest BCUT2D eigenvalue weighted by atomic mass is 9.98. The maximum absolute atomic E-state index is 13.4. The summed E-state index contributed by atoms with van der Waals surface area (Å²) >= 11 is 9.58. The molecular formula is C21H17BrClN3O4. The molecule has 0 radical (unpaired) electrons. The van der Waals surface area contributed by atoms with Gasteiger partial charge in [-0.1, -0.05) is 33.6 Å². The SMILES string of the molecule is CCOC(=O)C1=NN(c2ccc(Br)cc2)C2C(=O)N(c3cccc(Cl)c3C)C(=O)C12. The Kier molecular flexibility index (Phi) is 5.38. The van der Waals surface area contributed by atoms with Crippen molar-refractivity contribution in [2.24, 2.45) is 11.0 Å². The lowest BCUT2D eigenvalue weighted by molar-refractivity contribution is -0.136. The quantitative estimate of drug-likeness (QED) is 0.482. The summed E-state index contributed by atoms with van der Waals surface area (Å²) in [4.78, 5) is 40.4. The molecule has 2 aliphatic heterocycles. The highest BCUT2D eigenvalue weighted by molar-refractivity contribution is 9.10. The van der Waals surface area contributed by atoms with Gasteiger partial charge in [-0.3, -0.25) is 14.6 Å². The Bertz CT molecular complexity index is 1090. The third kappa shape index (κ3) is 3.20. The van der Waals surface area contributed by atoms with Gasteiger partial charge < -0.3 is 4.74 Å². The van der Waals surface area contributed by atoms with E-state index in [0.717, 1.165) is 9.37 Å². The number of nitrogens with zero attached hydrogens (tertiary/aromatic N) is 3. The molecule has 1 saturated heterocycles. The van der Waals surface area contributed by atoms with E-state index < -0.39 is 29.7 Å². The van der Waals surface area contributed by atoms with Gasteiger partial charge >= 0.3 is 5.97 Å². The third-order valence-electron chi connectivity index (χ3n) is 5.10. The number of amides is 2. The zero-order valence-electron chi connectivity index (χ0n) is 16.1. The van der Waals surface area contributed by atoms with E-state index in [-0.39, 0.29) is 12.3 Å². The molecule has 1 fully saturated rings. The summed E-state index contributed by atoms with van der Waals surface area (Å²) in [6.45, 7) is 3.53. The number of imide groups is 1. The Balaban J connectivity index is 1.82. The van der Waals surface area contributed by atoms with Crippen LogP contribution in [0.15, 0.2) is 52.0 Å². The first kappa shape index (κ1) is 20.6. The molecule has 2 heterocycles. The van der Waals surface area contributed by atoms with Crippen molar-refractivity contribution in [1.82, 2.24) is 0 Å². The van der Waals surface area contributed by atoms with Gasteiger partial charge in [-0.05, 0) is 55.8 Å². The first-order valence-electron chi connectivity index (χ1n) is 9.28. The van der Waals surface area contributed by atoms with Gasteiger partial charge in [0.25, 0.3) is 5.91 Å². The fraction of sp³-hybridized carbons (Fsp3) is 0.238. The van der Waals surface area contributed by atoms with Crippen LogP contribution in [0.5, 0.6) is 0 Å².